The molecule has 2 rings (SSSR count). The monoisotopic (exact) mass is 295 g/mol. The van der Waals surface area contributed by atoms with Crippen molar-refractivity contribution in [3.63, 3.8) is 0 Å². The van der Waals surface area contributed by atoms with E-state index in [0.717, 1.165) is 16.3 Å². The third kappa shape index (κ3) is 3.61. The summed E-state index contributed by atoms with van der Waals surface area (Å²) in [6, 6.07) is 3.90. The Bertz CT molecular complexity index is 546. The Kier molecular flexibility index (Phi) is 4.31. The number of hydrogen-bond acceptors (Lipinski definition) is 5. The van der Waals surface area contributed by atoms with Crippen molar-refractivity contribution in [2.75, 3.05) is 5.32 Å². The Labute approximate surface area is 120 Å². The van der Waals surface area contributed by atoms with Gasteiger partial charge in [-0.05, 0) is 17.9 Å². The number of carbonyl (C=O) groups excluding carboxylic acids is 1. The summed E-state index contributed by atoms with van der Waals surface area (Å²) in [6.07, 6.45) is 1.38. The second kappa shape index (κ2) is 5.79. The van der Waals surface area contributed by atoms with E-state index in [0.29, 0.717) is 11.6 Å². The van der Waals surface area contributed by atoms with Crippen LogP contribution in [0.25, 0.3) is 0 Å². The molecule has 2 aromatic rings. The van der Waals surface area contributed by atoms with Crippen LogP contribution in [0.4, 0.5) is 5.13 Å². The van der Waals surface area contributed by atoms with Gasteiger partial charge in [-0.15, -0.1) is 21.5 Å². The van der Waals surface area contributed by atoms with E-state index in [-0.39, 0.29) is 11.3 Å². The summed E-state index contributed by atoms with van der Waals surface area (Å²) < 4.78 is 0. The van der Waals surface area contributed by atoms with Crippen molar-refractivity contribution >= 4 is 33.7 Å². The molecule has 1 amide bonds. The van der Waals surface area contributed by atoms with Gasteiger partial charge < -0.3 is 5.32 Å². The molecule has 0 aromatic carbocycles. The molecule has 0 aliphatic heterocycles. The zero-order valence-corrected chi connectivity index (χ0v) is 12.9. The molecule has 0 unspecified atom stereocenters. The van der Waals surface area contributed by atoms with Crippen LogP contribution in [0.15, 0.2) is 17.5 Å². The zero-order chi connectivity index (χ0) is 13.9. The second-order valence-electron chi connectivity index (χ2n) is 4.95. The van der Waals surface area contributed by atoms with E-state index < -0.39 is 0 Å². The molecule has 0 radical (unpaired) electrons. The minimum absolute atomic E-state index is 0.00833. The maximum atomic E-state index is 11.8. The van der Waals surface area contributed by atoms with Gasteiger partial charge in [0.15, 0.2) is 0 Å². The normalized spacial score (nSPS) is 11.5. The number of carbonyl (C=O) groups is 1. The van der Waals surface area contributed by atoms with Crippen LogP contribution >= 0.6 is 22.7 Å². The highest BCUT2D eigenvalue weighted by Gasteiger charge is 2.23. The molecule has 0 spiro atoms. The van der Waals surface area contributed by atoms with Gasteiger partial charge in [0, 0.05) is 10.3 Å². The second-order valence-corrected chi connectivity index (χ2v) is 6.96. The van der Waals surface area contributed by atoms with Crippen molar-refractivity contribution in [2.24, 2.45) is 0 Å². The summed E-state index contributed by atoms with van der Waals surface area (Å²) in [5, 5.41) is 14.5. The highest BCUT2D eigenvalue weighted by molar-refractivity contribution is 7.15. The Morgan fingerprint density at radius 3 is 2.84 bits per heavy atom. The van der Waals surface area contributed by atoms with Crippen LogP contribution in [0.5, 0.6) is 0 Å². The number of thiophene rings is 1. The van der Waals surface area contributed by atoms with E-state index in [1.54, 1.807) is 11.3 Å². The van der Waals surface area contributed by atoms with Gasteiger partial charge in [-0.2, -0.15) is 0 Å². The zero-order valence-electron chi connectivity index (χ0n) is 11.3. The van der Waals surface area contributed by atoms with Gasteiger partial charge in [0.1, 0.15) is 5.01 Å². The summed E-state index contributed by atoms with van der Waals surface area (Å²) >= 11 is 3.04. The van der Waals surface area contributed by atoms with E-state index in [2.05, 4.69) is 36.3 Å². The van der Waals surface area contributed by atoms with Crippen LogP contribution in [0.2, 0.25) is 0 Å². The molecule has 0 aliphatic carbocycles. The average Bonchev–Trinajstić information content (AvgIpc) is 3.00. The predicted molar refractivity (Wildman–Crippen MR) is 79.9 cm³/mol. The van der Waals surface area contributed by atoms with Crippen LogP contribution in [-0.2, 0) is 16.6 Å². The van der Waals surface area contributed by atoms with Crippen molar-refractivity contribution in [3.8, 4) is 0 Å². The SMILES string of the molecule is CCC(C)(C)c1nnc(NC(=O)Cc2cccs2)s1. The number of anilines is 1. The lowest BCUT2D eigenvalue weighted by molar-refractivity contribution is -0.115. The molecule has 0 atom stereocenters. The maximum Gasteiger partial charge on any atom is 0.231 e. The first-order valence-electron chi connectivity index (χ1n) is 6.17. The van der Waals surface area contributed by atoms with Crippen molar-refractivity contribution in [1.29, 1.82) is 0 Å². The van der Waals surface area contributed by atoms with Crippen LogP contribution in [0.3, 0.4) is 0 Å². The molecule has 4 nitrogen and oxygen atoms in total. The number of nitrogens with one attached hydrogen (secondary N) is 1. The quantitative estimate of drug-likeness (QED) is 0.919. The molecular weight excluding hydrogens is 278 g/mol. The summed E-state index contributed by atoms with van der Waals surface area (Å²) in [5.74, 6) is -0.0422. The van der Waals surface area contributed by atoms with Crippen LogP contribution in [0, 0.1) is 0 Å². The molecular formula is C13H17N3OS2. The van der Waals surface area contributed by atoms with Crippen molar-refractivity contribution in [3.05, 3.63) is 27.4 Å². The van der Waals surface area contributed by atoms with Gasteiger partial charge in [-0.1, -0.05) is 38.2 Å². The first-order chi connectivity index (χ1) is 9.01. The Morgan fingerprint density at radius 2 is 2.21 bits per heavy atom. The molecule has 19 heavy (non-hydrogen) atoms. The highest BCUT2D eigenvalue weighted by atomic mass is 32.1. The molecule has 1 N–H and O–H groups in total. The van der Waals surface area contributed by atoms with Crippen molar-refractivity contribution in [1.82, 2.24) is 10.2 Å². The first-order valence-corrected chi connectivity index (χ1v) is 7.87. The Hall–Kier alpha value is -1.27. The predicted octanol–water partition coefficient (Wildman–Crippen LogP) is 3.47. The molecule has 0 bridgehead atoms. The van der Waals surface area contributed by atoms with Crippen LogP contribution in [0.1, 0.15) is 37.1 Å². The van der Waals surface area contributed by atoms with Gasteiger partial charge in [-0.25, -0.2) is 0 Å². The van der Waals surface area contributed by atoms with Gasteiger partial charge in [-0.3, -0.25) is 4.79 Å². The molecule has 0 saturated heterocycles. The Balaban J connectivity index is 1.98. The molecule has 102 valence electrons. The van der Waals surface area contributed by atoms with E-state index in [1.807, 2.05) is 17.5 Å². The topological polar surface area (TPSA) is 54.9 Å². The minimum Gasteiger partial charge on any atom is -0.300 e. The smallest absolute Gasteiger partial charge is 0.231 e. The first kappa shape index (κ1) is 14.1. The molecule has 2 aromatic heterocycles. The van der Waals surface area contributed by atoms with Gasteiger partial charge in [0.05, 0.1) is 6.42 Å². The lowest BCUT2D eigenvalue weighted by Gasteiger charge is -2.17. The fraction of sp³-hybridized carbons (Fsp3) is 0.462. The average molecular weight is 295 g/mol. The molecule has 6 heteroatoms. The van der Waals surface area contributed by atoms with E-state index in [4.69, 9.17) is 0 Å². The summed E-state index contributed by atoms with van der Waals surface area (Å²) in [5.41, 5.74) is 0.00833. The largest absolute Gasteiger partial charge is 0.300 e. The molecule has 0 fully saturated rings. The fourth-order valence-corrected chi connectivity index (χ4v) is 3.07. The number of amides is 1. The van der Waals surface area contributed by atoms with Gasteiger partial charge in [0.2, 0.25) is 11.0 Å². The number of hydrogen-bond donors (Lipinski definition) is 1. The third-order valence-corrected chi connectivity index (χ3v) is 5.13. The van der Waals surface area contributed by atoms with Crippen molar-refractivity contribution < 1.29 is 4.79 Å². The molecule has 0 aliphatic rings. The molecule has 0 saturated carbocycles. The van der Waals surface area contributed by atoms with Crippen molar-refractivity contribution in [2.45, 2.75) is 39.0 Å². The van der Waals surface area contributed by atoms with Crippen LogP contribution < -0.4 is 5.32 Å². The lowest BCUT2D eigenvalue weighted by Crippen LogP contribution is -2.14. The number of nitrogens with zero attached hydrogens (tertiary/aromatic N) is 2. The standard InChI is InChI=1S/C13H17N3OS2/c1-4-13(2,3)11-15-16-12(19-11)14-10(17)8-9-6-5-7-18-9/h5-7H,4,8H2,1-3H3,(H,14,16,17). The van der Waals surface area contributed by atoms with E-state index in [1.165, 1.54) is 11.3 Å². The number of rotatable bonds is 5. The fourth-order valence-electron chi connectivity index (χ4n) is 1.43. The summed E-state index contributed by atoms with van der Waals surface area (Å²) in [4.78, 5) is 12.9. The maximum absolute atomic E-state index is 11.8. The van der Waals surface area contributed by atoms with Crippen LogP contribution in [-0.4, -0.2) is 16.1 Å². The summed E-state index contributed by atoms with van der Waals surface area (Å²) in [6.45, 7) is 6.38. The Morgan fingerprint density at radius 1 is 1.42 bits per heavy atom. The lowest BCUT2D eigenvalue weighted by atomic mass is 9.91. The number of aromatic nitrogens is 2. The highest BCUT2D eigenvalue weighted by Crippen LogP contribution is 2.30. The third-order valence-electron chi connectivity index (χ3n) is 3.05. The van der Waals surface area contributed by atoms with E-state index >= 15 is 0 Å². The summed E-state index contributed by atoms with van der Waals surface area (Å²) in [7, 11) is 0. The molecule has 2 heterocycles. The van der Waals surface area contributed by atoms with Gasteiger partial charge in [0.25, 0.3) is 0 Å². The minimum atomic E-state index is -0.0422. The van der Waals surface area contributed by atoms with E-state index in [9.17, 15) is 4.79 Å². The van der Waals surface area contributed by atoms with Gasteiger partial charge >= 0.3 is 0 Å².